The van der Waals surface area contributed by atoms with E-state index in [1.807, 2.05) is 0 Å². The molecule has 0 aliphatic carbocycles. The minimum Gasteiger partial charge on any atom is -0.316 e. The maximum atomic E-state index is 3.57. The predicted octanol–water partition coefficient (Wildman–Crippen LogP) is 2.68. The zero-order chi connectivity index (χ0) is 12.1. The Morgan fingerprint density at radius 1 is 1.29 bits per heavy atom. The van der Waals surface area contributed by atoms with E-state index in [2.05, 4.69) is 54.5 Å². The molecule has 0 saturated carbocycles. The highest BCUT2D eigenvalue weighted by molar-refractivity contribution is 5.21. The molecular weight excluding hydrogens is 208 g/mol. The average molecular weight is 232 g/mol. The van der Waals surface area contributed by atoms with Gasteiger partial charge in [-0.15, -0.1) is 0 Å². The molecular formula is C15H24N2. The lowest BCUT2D eigenvalue weighted by atomic mass is 9.94. The molecule has 2 rings (SSSR count). The summed E-state index contributed by atoms with van der Waals surface area (Å²) in [5.74, 6) is 0.758. The highest BCUT2D eigenvalue weighted by atomic mass is 15.2. The number of nitrogens with zero attached hydrogens (tertiary/aromatic N) is 1. The summed E-state index contributed by atoms with van der Waals surface area (Å²) in [4.78, 5) is 2.49. The lowest BCUT2D eigenvalue weighted by molar-refractivity contribution is 0.272. The molecule has 2 nitrogen and oxygen atoms in total. The van der Waals surface area contributed by atoms with Gasteiger partial charge in [0.2, 0.25) is 0 Å². The summed E-state index contributed by atoms with van der Waals surface area (Å²) in [5, 5.41) is 3.57. The van der Waals surface area contributed by atoms with Crippen LogP contribution in [0, 0.1) is 5.92 Å². The molecule has 1 saturated heterocycles. The first-order valence-corrected chi connectivity index (χ1v) is 6.79. The van der Waals surface area contributed by atoms with Gasteiger partial charge < -0.3 is 5.32 Å². The Morgan fingerprint density at radius 2 is 2.06 bits per heavy atom. The van der Waals surface area contributed by atoms with Gasteiger partial charge >= 0.3 is 0 Å². The van der Waals surface area contributed by atoms with Crippen LogP contribution in [-0.4, -0.2) is 31.6 Å². The summed E-state index contributed by atoms with van der Waals surface area (Å²) < 4.78 is 0. The SMILES string of the molecule is CCCNCC1CCN(C)C1c1ccccc1. The monoisotopic (exact) mass is 232 g/mol. The first kappa shape index (κ1) is 12.6. The molecule has 1 aromatic rings. The maximum Gasteiger partial charge on any atom is 0.0385 e. The Balaban J connectivity index is 2.01. The summed E-state index contributed by atoms with van der Waals surface area (Å²) in [5.41, 5.74) is 1.47. The van der Waals surface area contributed by atoms with Crippen molar-refractivity contribution in [2.24, 2.45) is 5.92 Å². The van der Waals surface area contributed by atoms with E-state index in [0.29, 0.717) is 6.04 Å². The highest BCUT2D eigenvalue weighted by Crippen LogP contribution is 2.35. The van der Waals surface area contributed by atoms with Crippen molar-refractivity contribution in [3.63, 3.8) is 0 Å². The Morgan fingerprint density at radius 3 is 2.76 bits per heavy atom. The van der Waals surface area contributed by atoms with Crippen molar-refractivity contribution in [3.8, 4) is 0 Å². The average Bonchev–Trinajstić information content (AvgIpc) is 2.72. The van der Waals surface area contributed by atoms with Crippen molar-refractivity contribution in [3.05, 3.63) is 35.9 Å². The third-order valence-electron chi connectivity index (χ3n) is 3.75. The topological polar surface area (TPSA) is 15.3 Å². The minimum atomic E-state index is 0.598. The van der Waals surface area contributed by atoms with Gasteiger partial charge in [-0.3, -0.25) is 4.90 Å². The molecule has 1 heterocycles. The highest BCUT2D eigenvalue weighted by Gasteiger charge is 2.32. The summed E-state index contributed by atoms with van der Waals surface area (Å²) in [6, 6.07) is 11.5. The molecule has 1 aromatic carbocycles. The molecule has 17 heavy (non-hydrogen) atoms. The van der Waals surface area contributed by atoms with Crippen LogP contribution in [0.4, 0.5) is 0 Å². The van der Waals surface area contributed by atoms with Gasteiger partial charge in [0.1, 0.15) is 0 Å². The van der Waals surface area contributed by atoms with Gasteiger partial charge in [-0.05, 0) is 51.0 Å². The van der Waals surface area contributed by atoms with Crippen LogP contribution in [0.1, 0.15) is 31.4 Å². The Kier molecular flexibility index (Phi) is 4.57. The second-order valence-corrected chi connectivity index (χ2v) is 5.09. The molecule has 2 atom stereocenters. The first-order chi connectivity index (χ1) is 8.33. The number of hydrogen-bond acceptors (Lipinski definition) is 2. The Hall–Kier alpha value is -0.860. The van der Waals surface area contributed by atoms with Crippen molar-refractivity contribution >= 4 is 0 Å². The van der Waals surface area contributed by atoms with Crippen molar-refractivity contribution in [2.45, 2.75) is 25.8 Å². The zero-order valence-corrected chi connectivity index (χ0v) is 11.0. The van der Waals surface area contributed by atoms with Crippen LogP contribution < -0.4 is 5.32 Å². The first-order valence-electron chi connectivity index (χ1n) is 6.79. The predicted molar refractivity (Wildman–Crippen MR) is 73.1 cm³/mol. The van der Waals surface area contributed by atoms with Crippen LogP contribution in [0.5, 0.6) is 0 Å². The molecule has 0 amide bonds. The molecule has 0 aromatic heterocycles. The van der Waals surface area contributed by atoms with Crippen LogP contribution in [0.15, 0.2) is 30.3 Å². The van der Waals surface area contributed by atoms with Crippen LogP contribution in [0.3, 0.4) is 0 Å². The third-order valence-corrected chi connectivity index (χ3v) is 3.75. The largest absolute Gasteiger partial charge is 0.316 e. The number of benzene rings is 1. The van der Waals surface area contributed by atoms with Crippen LogP contribution in [0.25, 0.3) is 0 Å². The second kappa shape index (κ2) is 6.18. The fourth-order valence-corrected chi connectivity index (χ4v) is 2.88. The molecule has 94 valence electrons. The lowest BCUT2D eigenvalue weighted by Crippen LogP contribution is -2.28. The van der Waals surface area contributed by atoms with Crippen molar-refractivity contribution < 1.29 is 0 Å². The van der Waals surface area contributed by atoms with Gasteiger partial charge in [0.15, 0.2) is 0 Å². The summed E-state index contributed by atoms with van der Waals surface area (Å²) in [6.07, 6.45) is 2.53. The summed E-state index contributed by atoms with van der Waals surface area (Å²) in [7, 11) is 2.25. The lowest BCUT2D eigenvalue weighted by Gasteiger charge is -2.25. The van der Waals surface area contributed by atoms with Gasteiger partial charge in [0.25, 0.3) is 0 Å². The van der Waals surface area contributed by atoms with Crippen molar-refractivity contribution in [2.75, 3.05) is 26.7 Å². The van der Waals surface area contributed by atoms with Gasteiger partial charge in [0, 0.05) is 6.04 Å². The molecule has 2 heteroatoms. The van der Waals surface area contributed by atoms with Crippen LogP contribution in [0.2, 0.25) is 0 Å². The number of likely N-dealkylation sites (tertiary alicyclic amines) is 1. The summed E-state index contributed by atoms with van der Waals surface area (Å²) in [6.45, 7) is 5.74. The zero-order valence-electron chi connectivity index (χ0n) is 11.0. The van der Waals surface area contributed by atoms with E-state index < -0.39 is 0 Å². The summed E-state index contributed by atoms with van der Waals surface area (Å²) >= 11 is 0. The normalized spacial score (nSPS) is 25.3. The van der Waals surface area contributed by atoms with E-state index in [9.17, 15) is 0 Å². The molecule has 1 aliphatic rings. The van der Waals surface area contributed by atoms with Gasteiger partial charge in [0.05, 0.1) is 0 Å². The molecule has 2 unspecified atom stereocenters. The van der Waals surface area contributed by atoms with E-state index in [1.165, 1.54) is 24.9 Å². The smallest absolute Gasteiger partial charge is 0.0385 e. The van der Waals surface area contributed by atoms with E-state index in [1.54, 1.807) is 0 Å². The minimum absolute atomic E-state index is 0.598. The number of nitrogens with one attached hydrogen (secondary N) is 1. The van der Waals surface area contributed by atoms with Crippen molar-refractivity contribution in [1.29, 1.82) is 0 Å². The van der Waals surface area contributed by atoms with Crippen LogP contribution in [-0.2, 0) is 0 Å². The van der Waals surface area contributed by atoms with Crippen LogP contribution >= 0.6 is 0 Å². The van der Waals surface area contributed by atoms with Crippen molar-refractivity contribution in [1.82, 2.24) is 10.2 Å². The molecule has 1 N–H and O–H groups in total. The van der Waals surface area contributed by atoms with Gasteiger partial charge in [-0.25, -0.2) is 0 Å². The Bertz CT molecular complexity index is 323. The fraction of sp³-hybridized carbons (Fsp3) is 0.600. The van der Waals surface area contributed by atoms with E-state index in [-0.39, 0.29) is 0 Å². The van der Waals surface area contributed by atoms with Gasteiger partial charge in [-0.2, -0.15) is 0 Å². The Labute approximate surface area is 105 Å². The van der Waals surface area contributed by atoms with E-state index in [0.717, 1.165) is 19.0 Å². The third kappa shape index (κ3) is 3.08. The van der Waals surface area contributed by atoms with Gasteiger partial charge in [-0.1, -0.05) is 37.3 Å². The standard InChI is InChI=1S/C15H24N2/c1-3-10-16-12-14-9-11-17(2)15(14)13-7-5-4-6-8-13/h4-8,14-16H,3,9-12H2,1-2H3. The molecule has 0 bridgehead atoms. The maximum absolute atomic E-state index is 3.57. The molecule has 0 spiro atoms. The molecule has 1 aliphatic heterocycles. The quantitative estimate of drug-likeness (QED) is 0.785. The molecule has 0 radical (unpaired) electrons. The van der Waals surface area contributed by atoms with E-state index in [4.69, 9.17) is 0 Å². The number of rotatable bonds is 5. The molecule has 1 fully saturated rings. The fourth-order valence-electron chi connectivity index (χ4n) is 2.88. The second-order valence-electron chi connectivity index (χ2n) is 5.09. The van der Waals surface area contributed by atoms with E-state index >= 15 is 0 Å². The number of hydrogen-bond donors (Lipinski definition) is 1.